The molecule has 0 heterocycles. The summed E-state index contributed by atoms with van der Waals surface area (Å²) < 4.78 is 0. The standard InChI is InChI=1S/C18H15ClN2O5/c19-8-13(23)21-6-5-20-11-7-12(22)14-15(18(11)26)17(25)10-4-2-1-3-9(10)16(14)24/h1-4,7,20,22,26H,5-6,8H2,(H,21,23). The first kappa shape index (κ1) is 17.8. The summed E-state index contributed by atoms with van der Waals surface area (Å²) in [5, 5.41) is 26.1. The molecule has 0 saturated heterocycles. The largest absolute Gasteiger partial charge is 0.507 e. The van der Waals surface area contributed by atoms with Gasteiger partial charge in [0.15, 0.2) is 17.3 Å². The second-order valence-corrected chi connectivity index (χ2v) is 5.92. The number of phenolic OH excluding ortho intramolecular Hbond substituents is 2. The quantitative estimate of drug-likeness (QED) is 0.233. The van der Waals surface area contributed by atoms with Crippen molar-refractivity contribution < 1.29 is 24.6 Å². The molecule has 2 aromatic carbocycles. The van der Waals surface area contributed by atoms with Gasteiger partial charge >= 0.3 is 0 Å². The molecule has 4 N–H and O–H groups in total. The molecule has 0 radical (unpaired) electrons. The number of rotatable bonds is 5. The summed E-state index contributed by atoms with van der Waals surface area (Å²) in [6, 6.07) is 7.42. The SMILES string of the molecule is O=C(CCl)NCCNc1cc(O)c2c(c1O)C(=O)c1ccccc1C2=O. The van der Waals surface area contributed by atoms with E-state index in [0.717, 1.165) is 0 Å². The van der Waals surface area contributed by atoms with E-state index >= 15 is 0 Å². The van der Waals surface area contributed by atoms with Gasteiger partial charge in [-0.25, -0.2) is 0 Å². The van der Waals surface area contributed by atoms with Gasteiger partial charge in [0.2, 0.25) is 5.91 Å². The number of carbonyl (C=O) groups is 3. The molecule has 0 unspecified atom stereocenters. The number of halogens is 1. The number of ketones is 2. The molecule has 26 heavy (non-hydrogen) atoms. The minimum atomic E-state index is -0.540. The lowest BCUT2D eigenvalue weighted by Gasteiger charge is -2.21. The summed E-state index contributed by atoms with van der Waals surface area (Å²) >= 11 is 5.37. The van der Waals surface area contributed by atoms with Crippen LogP contribution in [0.3, 0.4) is 0 Å². The molecule has 1 aliphatic carbocycles. The van der Waals surface area contributed by atoms with Crippen LogP contribution >= 0.6 is 11.6 Å². The Labute approximate surface area is 153 Å². The Balaban J connectivity index is 1.93. The lowest BCUT2D eigenvalue weighted by Crippen LogP contribution is -2.29. The monoisotopic (exact) mass is 374 g/mol. The fourth-order valence-electron chi connectivity index (χ4n) is 2.84. The lowest BCUT2D eigenvalue weighted by atomic mass is 9.82. The first-order chi connectivity index (χ1) is 12.5. The van der Waals surface area contributed by atoms with Crippen LogP contribution in [-0.4, -0.2) is 46.7 Å². The van der Waals surface area contributed by atoms with Gasteiger partial charge in [-0.05, 0) is 0 Å². The topological polar surface area (TPSA) is 116 Å². The molecule has 3 rings (SSSR count). The van der Waals surface area contributed by atoms with E-state index in [1.165, 1.54) is 18.2 Å². The van der Waals surface area contributed by atoms with Gasteiger partial charge in [-0.1, -0.05) is 24.3 Å². The van der Waals surface area contributed by atoms with Crippen LogP contribution in [0.15, 0.2) is 30.3 Å². The third-order valence-corrected chi connectivity index (χ3v) is 4.28. The van der Waals surface area contributed by atoms with E-state index in [2.05, 4.69) is 10.6 Å². The van der Waals surface area contributed by atoms with E-state index in [0.29, 0.717) is 0 Å². The molecule has 0 bridgehead atoms. The summed E-state index contributed by atoms with van der Waals surface area (Å²) in [6.07, 6.45) is 0. The van der Waals surface area contributed by atoms with E-state index in [4.69, 9.17) is 11.6 Å². The number of hydrogen-bond acceptors (Lipinski definition) is 6. The van der Waals surface area contributed by atoms with Crippen LogP contribution in [0, 0.1) is 0 Å². The number of phenols is 2. The van der Waals surface area contributed by atoms with Crippen molar-refractivity contribution in [3.63, 3.8) is 0 Å². The number of carbonyl (C=O) groups excluding carboxylic acids is 3. The van der Waals surface area contributed by atoms with Crippen LogP contribution in [-0.2, 0) is 4.79 Å². The third-order valence-electron chi connectivity index (χ3n) is 4.03. The number of fused-ring (bicyclic) bond motifs is 2. The van der Waals surface area contributed by atoms with E-state index in [-0.39, 0.29) is 52.8 Å². The summed E-state index contributed by atoms with van der Waals surface area (Å²) in [5.41, 5.74) is -0.00879. The lowest BCUT2D eigenvalue weighted by molar-refractivity contribution is -0.118. The van der Waals surface area contributed by atoms with Gasteiger partial charge in [-0.2, -0.15) is 0 Å². The smallest absolute Gasteiger partial charge is 0.234 e. The van der Waals surface area contributed by atoms with Crippen molar-refractivity contribution in [2.75, 3.05) is 24.3 Å². The summed E-state index contributed by atoms with van der Waals surface area (Å²) in [6.45, 7) is 0.436. The maximum Gasteiger partial charge on any atom is 0.234 e. The Morgan fingerprint density at radius 1 is 1.00 bits per heavy atom. The van der Waals surface area contributed by atoms with Crippen LogP contribution in [0.2, 0.25) is 0 Å². The Bertz CT molecular complexity index is 926. The number of aromatic hydroxyl groups is 2. The highest BCUT2D eigenvalue weighted by Crippen LogP contribution is 2.42. The second kappa shape index (κ2) is 7.05. The molecule has 0 saturated carbocycles. The van der Waals surface area contributed by atoms with Crippen LogP contribution in [0.25, 0.3) is 0 Å². The summed E-state index contributed by atoms with van der Waals surface area (Å²) in [5.74, 6) is -2.40. The fourth-order valence-corrected chi connectivity index (χ4v) is 2.93. The van der Waals surface area contributed by atoms with E-state index in [9.17, 15) is 24.6 Å². The molecular formula is C18H15ClN2O5. The second-order valence-electron chi connectivity index (χ2n) is 5.66. The van der Waals surface area contributed by atoms with Crippen molar-refractivity contribution in [3.8, 4) is 11.5 Å². The van der Waals surface area contributed by atoms with Crippen molar-refractivity contribution >= 4 is 34.8 Å². The van der Waals surface area contributed by atoms with Crippen molar-refractivity contribution in [1.29, 1.82) is 0 Å². The highest BCUT2D eigenvalue weighted by molar-refractivity contribution is 6.30. The first-order valence-corrected chi connectivity index (χ1v) is 8.33. The summed E-state index contributed by atoms with van der Waals surface area (Å²) in [7, 11) is 0. The molecule has 0 atom stereocenters. The molecule has 1 aliphatic rings. The molecule has 7 nitrogen and oxygen atoms in total. The molecular weight excluding hydrogens is 360 g/mol. The number of anilines is 1. The molecule has 134 valence electrons. The van der Waals surface area contributed by atoms with Crippen molar-refractivity contribution in [1.82, 2.24) is 5.32 Å². The number of amides is 1. The first-order valence-electron chi connectivity index (χ1n) is 7.79. The molecule has 2 aromatic rings. The fraction of sp³-hybridized carbons (Fsp3) is 0.167. The highest BCUT2D eigenvalue weighted by Gasteiger charge is 2.35. The van der Waals surface area contributed by atoms with Crippen molar-refractivity contribution in [2.45, 2.75) is 0 Å². The minimum Gasteiger partial charge on any atom is -0.507 e. The summed E-state index contributed by atoms with van der Waals surface area (Å²) in [4.78, 5) is 36.4. The van der Waals surface area contributed by atoms with Gasteiger partial charge in [-0.15, -0.1) is 11.6 Å². The highest BCUT2D eigenvalue weighted by atomic mass is 35.5. The van der Waals surface area contributed by atoms with Crippen LogP contribution in [0.4, 0.5) is 5.69 Å². The van der Waals surface area contributed by atoms with Gasteiger partial charge in [0.1, 0.15) is 11.6 Å². The zero-order chi connectivity index (χ0) is 18.8. The van der Waals surface area contributed by atoms with Gasteiger partial charge in [0.05, 0.1) is 16.8 Å². The number of hydrogen-bond donors (Lipinski definition) is 4. The number of benzene rings is 2. The normalized spacial score (nSPS) is 12.3. The average molecular weight is 375 g/mol. The van der Waals surface area contributed by atoms with Crippen LogP contribution < -0.4 is 10.6 Å². The molecule has 0 aliphatic heterocycles. The van der Waals surface area contributed by atoms with E-state index < -0.39 is 23.1 Å². The average Bonchev–Trinajstić information content (AvgIpc) is 2.65. The Kier molecular flexibility index (Phi) is 4.81. The minimum absolute atomic E-state index is 0.0851. The predicted octanol–water partition coefficient (Wildman–Crippen LogP) is 1.64. The third kappa shape index (κ3) is 2.97. The predicted molar refractivity (Wildman–Crippen MR) is 95.3 cm³/mol. The van der Waals surface area contributed by atoms with Gasteiger partial charge in [0, 0.05) is 30.3 Å². The molecule has 0 fully saturated rings. The van der Waals surface area contributed by atoms with Crippen LogP contribution in [0.1, 0.15) is 31.8 Å². The van der Waals surface area contributed by atoms with Crippen molar-refractivity contribution in [2.24, 2.45) is 0 Å². The van der Waals surface area contributed by atoms with Gasteiger partial charge in [-0.3, -0.25) is 14.4 Å². The van der Waals surface area contributed by atoms with E-state index in [1.54, 1.807) is 12.1 Å². The van der Waals surface area contributed by atoms with Crippen molar-refractivity contribution in [3.05, 3.63) is 52.6 Å². The number of nitrogens with one attached hydrogen (secondary N) is 2. The van der Waals surface area contributed by atoms with Crippen LogP contribution in [0.5, 0.6) is 11.5 Å². The van der Waals surface area contributed by atoms with E-state index in [1.807, 2.05) is 0 Å². The zero-order valence-electron chi connectivity index (χ0n) is 13.5. The van der Waals surface area contributed by atoms with Gasteiger partial charge in [0.25, 0.3) is 0 Å². The number of alkyl halides is 1. The molecule has 1 amide bonds. The Hall–Kier alpha value is -3.06. The molecule has 0 aromatic heterocycles. The maximum atomic E-state index is 12.7. The van der Waals surface area contributed by atoms with Gasteiger partial charge < -0.3 is 20.8 Å². The molecule has 0 spiro atoms. The molecule has 8 heteroatoms. The maximum absolute atomic E-state index is 12.7. The Morgan fingerprint density at radius 2 is 1.62 bits per heavy atom. The zero-order valence-corrected chi connectivity index (χ0v) is 14.3. The Morgan fingerprint density at radius 3 is 2.23 bits per heavy atom.